The van der Waals surface area contributed by atoms with Crippen molar-refractivity contribution >= 4 is 0 Å². The molecule has 84 valence electrons. The maximum Gasteiger partial charge on any atom is 0.124 e. The van der Waals surface area contributed by atoms with Crippen molar-refractivity contribution in [1.29, 1.82) is 0 Å². The predicted molar refractivity (Wildman–Crippen MR) is 61.0 cm³/mol. The maximum atomic E-state index is 8.67. The van der Waals surface area contributed by atoms with Crippen molar-refractivity contribution in [3.63, 3.8) is 0 Å². The first-order valence-electron chi connectivity index (χ1n) is 5.25. The Hall–Kier alpha value is -1.06. The minimum Gasteiger partial charge on any atom is -0.493 e. The van der Waals surface area contributed by atoms with E-state index in [9.17, 15) is 0 Å². The number of benzene rings is 1. The largest absolute Gasteiger partial charge is 0.493 e. The normalized spacial score (nSPS) is 12.5. The fourth-order valence-electron chi connectivity index (χ4n) is 1.39. The standard InChI is InChI=1S/C12H19NO2/c1-9-4-5-11(10(2)13)12(8-9)15-7-3-6-14/h4-5,8,10,14H,3,6-7,13H2,1-2H3/t10-/m0/s1. The summed E-state index contributed by atoms with van der Waals surface area (Å²) in [5.41, 5.74) is 8.00. The molecule has 0 unspecified atom stereocenters. The molecule has 0 amide bonds. The van der Waals surface area contributed by atoms with Gasteiger partial charge in [-0.2, -0.15) is 0 Å². The van der Waals surface area contributed by atoms with Gasteiger partial charge in [-0.15, -0.1) is 0 Å². The van der Waals surface area contributed by atoms with Gasteiger partial charge in [0.15, 0.2) is 0 Å². The zero-order chi connectivity index (χ0) is 11.3. The molecule has 15 heavy (non-hydrogen) atoms. The van der Waals surface area contributed by atoms with Gasteiger partial charge >= 0.3 is 0 Å². The second kappa shape index (κ2) is 5.73. The highest BCUT2D eigenvalue weighted by molar-refractivity contribution is 5.38. The van der Waals surface area contributed by atoms with Crippen LogP contribution in [0.2, 0.25) is 0 Å². The Balaban J connectivity index is 2.77. The van der Waals surface area contributed by atoms with Crippen LogP contribution in [0.1, 0.15) is 30.5 Å². The first kappa shape index (κ1) is 12.0. The molecule has 0 heterocycles. The van der Waals surface area contributed by atoms with Crippen LogP contribution in [0.3, 0.4) is 0 Å². The first-order valence-corrected chi connectivity index (χ1v) is 5.25. The molecule has 0 aliphatic carbocycles. The summed E-state index contributed by atoms with van der Waals surface area (Å²) in [7, 11) is 0. The van der Waals surface area contributed by atoms with Crippen LogP contribution < -0.4 is 10.5 Å². The van der Waals surface area contributed by atoms with Gasteiger partial charge in [-0.05, 0) is 25.5 Å². The Morgan fingerprint density at radius 3 is 2.80 bits per heavy atom. The number of hydrogen-bond acceptors (Lipinski definition) is 3. The van der Waals surface area contributed by atoms with Crippen molar-refractivity contribution in [3.05, 3.63) is 29.3 Å². The maximum absolute atomic E-state index is 8.67. The average molecular weight is 209 g/mol. The summed E-state index contributed by atoms with van der Waals surface area (Å²) < 4.78 is 5.58. The highest BCUT2D eigenvalue weighted by Gasteiger charge is 2.07. The summed E-state index contributed by atoms with van der Waals surface area (Å²) in [5.74, 6) is 0.832. The van der Waals surface area contributed by atoms with Crippen LogP contribution in [-0.4, -0.2) is 18.3 Å². The number of ether oxygens (including phenoxy) is 1. The Morgan fingerprint density at radius 1 is 1.47 bits per heavy atom. The molecule has 1 atom stereocenters. The van der Waals surface area contributed by atoms with Crippen LogP contribution in [0.5, 0.6) is 5.75 Å². The number of aliphatic hydroxyl groups excluding tert-OH is 1. The van der Waals surface area contributed by atoms with Crippen molar-refractivity contribution in [2.45, 2.75) is 26.3 Å². The molecule has 1 aromatic carbocycles. The van der Waals surface area contributed by atoms with Crippen molar-refractivity contribution in [3.8, 4) is 5.75 Å². The molecular weight excluding hydrogens is 190 g/mol. The second-order valence-corrected chi connectivity index (χ2v) is 3.76. The Kier molecular flexibility index (Phi) is 4.59. The summed E-state index contributed by atoms with van der Waals surface area (Å²) in [6.45, 7) is 4.63. The lowest BCUT2D eigenvalue weighted by Gasteiger charge is -2.14. The Bertz CT molecular complexity index is 310. The molecular formula is C12H19NO2. The van der Waals surface area contributed by atoms with Gasteiger partial charge in [-0.1, -0.05) is 12.1 Å². The van der Waals surface area contributed by atoms with Gasteiger partial charge in [0.1, 0.15) is 5.75 Å². The van der Waals surface area contributed by atoms with Crippen molar-refractivity contribution in [2.24, 2.45) is 5.73 Å². The summed E-state index contributed by atoms with van der Waals surface area (Å²) >= 11 is 0. The number of aryl methyl sites for hydroxylation is 1. The van der Waals surface area contributed by atoms with Gasteiger partial charge in [-0.3, -0.25) is 0 Å². The molecule has 0 spiro atoms. The summed E-state index contributed by atoms with van der Waals surface area (Å²) in [5, 5.41) is 8.67. The second-order valence-electron chi connectivity index (χ2n) is 3.76. The van der Waals surface area contributed by atoms with E-state index in [1.165, 1.54) is 0 Å². The van der Waals surface area contributed by atoms with Gasteiger partial charge in [0.25, 0.3) is 0 Å². The summed E-state index contributed by atoms with van der Waals surface area (Å²) in [4.78, 5) is 0. The van der Waals surface area contributed by atoms with E-state index in [4.69, 9.17) is 15.6 Å². The minimum absolute atomic E-state index is 0.0327. The van der Waals surface area contributed by atoms with Gasteiger partial charge in [-0.25, -0.2) is 0 Å². The molecule has 1 rings (SSSR count). The molecule has 0 aliphatic heterocycles. The van der Waals surface area contributed by atoms with Crippen molar-refractivity contribution in [1.82, 2.24) is 0 Å². The Morgan fingerprint density at radius 2 is 2.20 bits per heavy atom. The van der Waals surface area contributed by atoms with E-state index < -0.39 is 0 Å². The lowest BCUT2D eigenvalue weighted by molar-refractivity contribution is 0.232. The third-order valence-electron chi connectivity index (χ3n) is 2.22. The van der Waals surface area contributed by atoms with Crippen LogP contribution in [0.25, 0.3) is 0 Å². The highest BCUT2D eigenvalue weighted by Crippen LogP contribution is 2.25. The smallest absolute Gasteiger partial charge is 0.124 e. The predicted octanol–water partition coefficient (Wildman–Crippen LogP) is 1.78. The summed E-state index contributed by atoms with van der Waals surface area (Å²) in [6, 6.07) is 5.97. The van der Waals surface area contributed by atoms with Crippen LogP contribution in [-0.2, 0) is 0 Å². The quantitative estimate of drug-likeness (QED) is 0.727. The van der Waals surface area contributed by atoms with E-state index in [1.807, 2.05) is 32.0 Å². The molecule has 0 aromatic heterocycles. The zero-order valence-corrected chi connectivity index (χ0v) is 9.36. The average Bonchev–Trinajstić information content (AvgIpc) is 2.18. The van der Waals surface area contributed by atoms with Gasteiger partial charge < -0.3 is 15.6 Å². The van der Waals surface area contributed by atoms with E-state index in [0.29, 0.717) is 13.0 Å². The molecule has 1 aromatic rings. The lowest BCUT2D eigenvalue weighted by atomic mass is 10.1. The topological polar surface area (TPSA) is 55.5 Å². The van der Waals surface area contributed by atoms with E-state index in [1.54, 1.807) is 0 Å². The molecule has 0 bridgehead atoms. The third-order valence-corrected chi connectivity index (χ3v) is 2.22. The molecule has 0 fully saturated rings. The van der Waals surface area contributed by atoms with Gasteiger partial charge in [0, 0.05) is 24.6 Å². The molecule has 0 saturated carbocycles. The minimum atomic E-state index is -0.0327. The zero-order valence-electron chi connectivity index (χ0n) is 9.36. The lowest BCUT2D eigenvalue weighted by Crippen LogP contribution is -2.09. The molecule has 3 heteroatoms. The highest BCUT2D eigenvalue weighted by atomic mass is 16.5. The van der Waals surface area contributed by atoms with E-state index in [2.05, 4.69) is 0 Å². The molecule has 3 N–H and O–H groups in total. The number of rotatable bonds is 5. The SMILES string of the molecule is Cc1ccc([C@H](C)N)c(OCCCO)c1. The molecule has 0 saturated heterocycles. The van der Waals surface area contributed by atoms with Gasteiger partial charge in [0.05, 0.1) is 6.61 Å². The summed E-state index contributed by atoms with van der Waals surface area (Å²) in [6.07, 6.45) is 0.645. The van der Waals surface area contributed by atoms with Gasteiger partial charge in [0.2, 0.25) is 0 Å². The van der Waals surface area contributed by atoms with E-state index >= 15 is 0 Å². The van der Waals surface area contributed by atoms with Crippen LogP contribution in [0, 0.1) is 6.92 Å². The monoisotopic (exact) mass is 209 g/mol. The first-order chi connectivity index (χ1) is 7.15. The molecule has 3 nitrogen and oxygen atoms in total. The van der Waals surface area contributed by atoms with E-state index in [0.717, 1.165) is 16.9 Å². The number of nitrogens with two attached hydrogens (primary N) is 1. The number of hydrogen-bond donors (Lipinski definition) is 2. The fraction of sp³-hybridized carbons (Fsp3) is 0.500. The Labute approximate surface area is 90.9 Å². The fourth-order valence-corrected chi connectivity index (χ4v) is 1.39. The third kappa shape index (κ3) is 3.53. The van der Waals surface area contributed by atoms with Crippen LogP contribution in [0.4, 0.5) is 0 Å². The van der Waals surface area contributed by atoms with Crippen LogP contribution in [0.15, 0.2) is 18.2 Å². The van der Waals surface area contributed by atoms with Crippen molar-refractivity contribution < 1.29 is 9.84 Å². The number of aliphatic hydroxyl groups is 1. The van der Waals surface area contributed by atoms with Crippen LogP contribution >= 0.6 is 0 Å². The van der Waals surface area contributed by atoms with Crippen molar-refractivity contribution in [2.75, 3.05) is 13.2 Å². The molecule has 0 aliphatic rings. The van der Waals surface area contributed by atoms with E-state index in [-0.39, 0.29) is 12.6 Å². The molecule has 0 radical (unpaired) electrons.